The summed E-state index contributed by atoms with van der Waals surface area (Å²) in [7, 11) is 1.30. The second kappa shape index (κ2) is 9.00. The zero-order chi connectivity index (χ0) is 21.9. The molecule has 1 aliphatic carbocycles. The van der Waals surface area contributed by atoms with Crippen LogP contribution in [0.2, 0.25) is 0 Å². The van der Waals surface area contributed by atoms with Crippen molar-refractivity contribution in [1.29, 1.82) is 0 Å². The molecule has 0 amide bonds. The van der Waals surface area contributed by atoms with Crippen molar-refractivity contribution in [1.82, 2.24) is 0 Å². The first-order valence-electron chi connectivity index (χ1n) is 9.28. The highest BCUT2D eigenvalue weighted by atomic mass is 31.2. The highest BCUT2D eigenvalue weighted by Crippen LogP contribution is 2.49. The Labute approximate surface area is 175 Å². The van der Waals surface area contributed by atoms with Crippen LogP contribution >= 0.6 is 7.82 Å². The lowest BCUT2D eigenvalue weighted by atomic mass is 9.92. The van der Waals surface area contributed by atoms with E-state index < -0.39 is 7.82 Å². The molecule has 0 saturated carbocycles. The van der Waals surface area contributed by atoms with E-state index >= 15 is 0 Å². The third kappa shape index (κ3) is 4.41. The van der Waals surface area contributed by atoms with Gasteiger partial charge in [0.2, 0.25) is 5.75 Å². The molecule has 9 heteroatoms. The summed E-state index contributed by atoms with van der Waals surface area (Å²) in [4.78, 5) is 18.8. The summed E-state index contributed by atoms with van der Waals surface area (Å²) < 4.78 is 38.3. The molecule has 2 aromatic rings. The van der Waals surface area contributed by atoms with Crippen LogP contribution in [0.5, 0.6) is 28.7 Å². The number of phosphoric acid groups is 1. The molecule has 0 atom stereocenters. The molecule has 0 saturated heterocycles. The van der Waals surface area contributed by atoms with Gasteiger partial charge in [-0.05, 0) is 54.2 Å². The number of ether oxygens (including phenoxy) is 4. The van der Waals surface area contributed by atoms with Crippen LogP contribution < -0.4 is 23.5 Å². The van der Waals surface area contributed by atoms with Gasteiger partial charge in [-0.2, -0.15) is 0 Å². The van der Waals surface area contributed by atoms with Gasteiger partial charge >= 0.3 is 7.82 Å². The van der Waals surface area contributed by atoms with Gasteiger partial charge in [-0.1, -0.05) is 12.1 Å². The molecular weight excluding hydrogens is 411 g/mol. The number of phosphoric ester groups is 1. The molecule has 30 heavy (non-hydrogen) atoms. The van der Waals surface area contributed by atoms with Gasteiger partial charge < -0.3 is 23.5 Å². The van der Waals surface area contributed by atoms with Gasteiger partial charge in [-0.3, -0.25) is 9.79 Å². The van der Waals surface area contributed by atoms with Crippen molar-refractivity contribution in [2.45, 2.75) is 19.3 Å². The molecule has 2 N–H and O–H groups in total. The van der Waals surface area contributed by atoms with Crippen LogP contribution in [0.3, 0.4) is 0 Å². The normalized spacial score (nSPS) is 13.6. The minimum absolute atomic E-state index is 0.0589. The van der Waals surface area contributed by atoms with Gasteiger partial charge in [0, 0.05) is 5.56 Å². The fourth-order valence-electron chi connectivity index (χ4n) is 3.63. The number of methoxy groups -OCH3 is 4. The molecule has 8 nitrogen and oxygen atoms in total. The van der Waals surface area contributed by atoms with Gasteiger partial charge in [0.25, 0.3) is 0 Å². The Hall–Kier alpha value is -2.67. The molecule has 1 aliphatic rings. The fourth-order valence-corrected chi connectivity index (χ4v) is 4.07. The number of hydrogen-bond donors (Lipinski definition) is 2. The van der Waals surface area contributed by atoms with Crippen LogP contribution in [-0.2, 0) is 11.0 Å². The van der Waals surface area contributed by atoms with Gasteiger partial charge in [0.05, 0.1) is 28.4 Å². The summed E-state index contributed by atoms with van der Waals surface area (Å²) in [5.74, 6) is 1.84. The zero-order valence-corrected chi connectivity index (χ0v) is 18.2. The average Bonchev–Trinajstić information content (AvgIpc) is 2.94. The molecule has 0 radical (unpaired) electrons. The second-order valence-corrected chi connectivity index (χ2v) is 7.79. The molecule has 2 aromatic carbocycles. The molecule has 0 heterocycles. The smallest absolute Gasteiger partial charge is 0.493 e. The molecule has 162 valence electrons. The van der Waals surface area contributed by atoms with E-state index in [1.807, 2.05) is 18.2 Å². The lowest BCUT2D eigenvalue weighted by Gasteiger charge is -2.20. The topological polar surface area (TPSA) is 104 Å². The van der Waals surface area contributed by atoms with E-state index in [-0.39, 0.29) is 11.5 Å². The Morgan fingerprint density at radius 2 is 1.50 bits per heavy atom. The monoisotopic (exact) mass is 436 g/mol. The lowest BCUT2D eigenvalue weighted by Crippen LogP contribution is -2.03. The Morgan fingerprint density at radius 3 is 2.03 bits per heavy atom. The van der Waals surface area contributed by atoms with E-state index in [9.17, 15) is 14.4 Å². The van der Waals surface area contributed by atoms with Gasteiger partial charge in [0.1, 0.15) is 0 Å². The first kappa shape index (κ1) is 22.0. The first-order valence-corrected chi connectivity index (χ1v) is 10.8. The second-order valence-electron chi connectivity index (χ2n) is 6.63. The summed E-state index contributed by atoms with van der Waals surface area (Å²) >= 11 is 0. The number of hydrogen-bond acceptors (Lipinski definition) is 6. The molecule has 0 fully saturated rings. The Balaban J connectivity index is 2.22. The first-order chi connectivity index (χ1) is 14.3. The van der Waals surface area contributed by atoms with Crippen molar-refractivity contribution in [2.75, 3.05) is 28.4 Å². The van der Waals surface area contributed by atoms with Crippen LogP contribution in [0, 0.1) is 0 Å². The Kier molecular flexibility index (Phi) is 6.61. The molecule has 0 spiro atoms. The molecule has 0 aliphatic heterocycles. The van der Waals surface area contributed by atoms with Crippen molar-refractivity contribution in [2.24, 2.45) is 0 Å². The largest absolute Gasteiger partial charge is 0.524 e. The quantitative estimate of drug-likeness (QED) is 0.629. The standard InChI is InChI=1S/C21H25O8P/c1-25-17-10-9-15-14(7-5-6-8-16(15)20(17)29-30(22,23)24)13-11-18(26-2)21(28-4)19(12-13)27-3/h7,9-12H,5-6,8H2,1-4H3,(H2,22,23,24). The highest BCUT2D eigenvalue weighted by molar-refractivity contribution is 7.46. The molecular formula is C21H25O8P. The SMILES string of the molecule is COc1cc(C2=CCCCc3c2ccc(OC)c3OP(=O)(O)O)cc(OC)c1OC. The predicted octanol–water partition coefficient (Wildman–Crippen LogP) is 3.96. The minimum Gasteiger partial charge on any atom is -0.493 e. The number of allylic oxidation sites excluding steroid dienone is 1. The fraction of sp³-hybridized carbons (Fsp3) is 0.333. The third-order valence-corrected chi connectivity index (χ3v) is 5.32. The van der Waals surface area contributed by atoms with Crippen molar-refractivity contribution in [3.05, 3.63) is 47.0 Å². The van der Waals surface area contributed by atoms with Gasteiger partial charge in [-0.25, -0.2) is 4.57 Å². The highest BCUT2D eigenvalue weighted by Gasteiger charge is 2.27. The summed E-state index contributed by atoms with van der Waals surface area (Å²) in [6.07, 6.45) is 4.22. The number of rotatable bonds is 7. The summed E-state index contributed by atoms with van der Waals surface area (Å²) in [6.45, 7) is 0. The van der Waals surface area contributed by atoms with Crippen LogP contribution in [0.25, 0.3) is 5.57 Å². The maximum atomic E-state index is 11.6. The summed E-state index contributed by atoms with van der Waals surface area (Å²) in [5.41, 5.74) is 3.17. The van der Waals surface area contributed by atoms with E-state index in [1.165, 1.54) is 14.2 Å². The minimum atomic E-state index is -4.77. The summed E-state index contributed by atoms with van der Waals surface area (Å²) in [5, 5.41) is 0. The van der Waals surface area contributed by atoms with E-state index in [2.05, 4.69) is 6.08 Å². The van der Waals surface area contributed by atoms with Crippen molar-refractivity contribution in [3.63, 3.8) is 0 Å². The lowest BCUT2D eigenvalue weighted by molar-refractivity contribution is 0.275. The van der Waals surface area contributed by atoms with Crippen molar-refractivity contribution >= 4 is 13.4 Å². The van der Waals surface area contributed by atoms with E-state index in [4.69, 9.17) is 23.5 Å². The molecule has 3 rings (SSSR count). The van der Waals surface area contributed by atoms with Crippen LogP contribution in [-0.4, -0.2) is 38.2 Å². The molecule has 0 aromatic heterocycles. The van der Waals surface area contributed by atoms with E-state index in [1.54, 1.807) is 20.3 Å². The average molecular weight is 436 g/mol. The molecule has 0 unspecified atom stereocenters. The maximum absolute atomic E-state index is 11.6. The van der Waals surface area contributed by atoms with Gasteiger partial charge in [0.15, 0.2) is 23.0 Å². The van der Waals surface area contributed by atoms with Crippen LogP contribution in [0.15, 0.2) is 30.3 Å². The van der Waals surface area contributed by atoms with Crippen LogP contribution in [0.1, 0.15) is 29.5 Å². The zero-order valence-electron chi connectivity index (χ0n) is 17.3. The maximum Gasteiger partial charge on any atom is 0.524 e. The van der Waals surface area contributed by atoms with Crippen molar-refractivity contribution in [3.8, 4) is 28.7 Å². The Bertz CT molecular complexity index is 983. The third-order valence-electron chi connectivity index (χ3n) is 4.90. The Morgan fingerprint density at radius 1 is 0.867 bits per heavy atom. The van der Waals surface area contributed by atoms with Gasteiger partial charge in [-0.15, -0.1) is 0 Å². The van der Waals surface area contributed by atoms with E-state index in [0.717, 1.165) is 29.5 Å². The molecule has 0 bridgehead atoms. The van der Waals surface area contributed by atoms with Crippen molar-refractivity contribution < 1.29 is 37.8 Å². The summed E-state index contributed by atoms with van der Waals surface area (Å²) in [6, 6.07) is 7.19. The number of fused-ring (bicyclic) bond motifs is 1. The number of benzene rings is 2. The predicted molar refractivity (Wildman–Crippen MR) is 112 cm³/mol. The van der Waals surface area contributed by atoms with Crippen LogP contribution in [0.4, 0.5) is 0 Å². The van der Waals surface area contributed by atoms with E-state index in [0.29, 0.717) is 29.2 Å².